The second kappa shape index (κ2) is 11.0. The fraction of sp³-hybridized carbons (Fsp3) is 0.429. The Labute approximate surface area is 256 Å². The highest BCUT2D eigenvalue weighted by molar-refractivity contribution is 14.1. The molecule has 0 bridgehead atoms. The van der Waals surface area contributed by atoms with Gasteiger partial charge in [0.1, 0.15) is 0 Å². The van der Waals surface area contributed by atoms with Crippen molar-refractivity contribution >= 4 is 47.2 Å². The molecule has 0 aromatic heterocycles. The first-order valence-electron chi connectivity index (χ1n) is 13.2. The molecule has 43 heavy (non-hydrogen) atoms. The van der Waals surface area contributed by atoms with Gasteiger partial charge in [0.15, 0.2) is 11.5 Å². The molecule has 2 aromatic rings. The molecule has 2 heterocycles. The van der Waals surface area contributed by atoms with E-state index in [1.807, 2.05) is 36.4 Å². The van der Waals surface area contributed by atoms with Crippen molar-refractivity contribution in [2.45, 2.75) is 45.1 Å². The average Bonchev–Trinajstić information content (AvgIpc) is 3.17. The zero-order valence-electron chi connectivity index (χ0n) is 22.9. The number of carbonyl (C=O) groups excluding carboxylic acids is 2. The molecular formula is C28H25BF6INO6. The monoisotopic (exact) mass is 723 g/mol. The van der Waals surface area contributed by atoms with Gasteiger partial charge in [0.05, 0.1) is 45.4 Å². The molecule has 2 amide bonds. The minimum absolute atomic E-state index is 0.0175. The summed E-state index contributed by atoms with van der Waals surface area (Å²) in [4.78, 5) is 28.0. The topological polar surface area (TPSA) is 96.3 Å². The normalized spacial score (nSPS) is 24.6. The molecule has 0 unspecified atom stereocenters. The number of alkyl halides is 6. The van der Waals surface area contributed by atoms with Crippen LogP contribution in [0.2, 0.25) is 0 Å². The number of methoxy groups -OCH3 is 1. The van der Waals surface area contributed by atoms with E-state index in [-0.39, 0.29) is 36.3 Å². The molecule has 7 nitrogen and oxygen atoms in total. The third-order valence-electron chi connectivity index (χ3n) is 8.32. The van der Waals surface area contributed by atoms with Crippen LogP contribution in [0, 0.1) is 27.2 Å². The standard InChI is InChI=1S/C28H25BF6INO6/c1-11(2)16-9-18-22(17-10-20(43-29(41)23(16)17)12-4-19(36)24(38)21(5-12)42-3)26(40)37(25(18)39)15-7-13(27(30,31)32)6-14(8-15)28(33,34)35/h4-8,11,17-18,20,22,38,41H,9-10H2,1-3H3/t17-,18-,20-,22+/m0/s1. The van der Waals surface area contributed by atoms with Gasteiger partial charge in [0.25, 0.3) is 0 Å². The van der Waals surface area contributed by atoms with Crippen LogP contribution in [0.3, 0.4) is 0 Å². The predicted molar refractivity (Wildman–Crippen MR) is 150 cm³/mol. The van der Waals surface area contributed by atoms with Gasteiger partial charge in [0, 0.05) is 0 Å². The SMILES string of the molecule is COc1cc([C@@H]2C[C@@H]3C(=C(C(C)C)C[C@@H]4C(=O)N(c5cc(C(F)(F)F)cc(C(F)(F)F)c5)C(=O)[C@@H]43)B(O)O2)cc(I)c1O. The number of amides is 2. The Morgan fingerprint density at radius 3 is 2.14 bits per heavy atom. The smallest absolute Gasteiger partial charge is 0.487 e. The molecule has 1 aliphatic carbocycles. The number of ether oxygens (including phenoxy) is 1. The Bertz CT molecular complexity index is 1490. The van der Waals surface area contributed by atoms with E-state index < -0.39 is 72.0 Å². The highest BCUT2D eigenvalue weighted by Crippen LogP contribution is 2.54. The molecule has 0 radical (unpaired) electrons. The lowest BCUT2D eigenvalue weighted by molar-refractivity contribution is -0.143. The molecule has 0 spiro atoms. The van der Waals surface area contributed by atoms with Gasteiger partial charge in [0.2, 0.25) is 11.8 Å². The third kappa shape index (κ3) is 5.52. The summed E-state index contributed by atoms with van der Waals surface area (Å²) < 4.78 is 93.2. The summed E-state index contributed by atoms with van der Waals surface area (Å²) in [5.74, 6) is -5.08. The third-order valence-corrected chi connectivity index (χ3v) is 9.14. The number of aromatic hydroxyl groups is 1. The summed E-state index contributed by atoms with van der Waals surface area (Å²) in [6, 6.07) is 3.77. The van der Waals surface area contributed by atoms with Crippen molar-refractivity contribution in [2.24, 2.45) is 23.7 Å². The summed E-state index contributed by atoms with van der Waals surface area (Å²) >= 11 is 1.88. The molecule has 2 N–H and O–H groups in total. The summed E-state index contributed by atoms with van der Waals surface area (Å²) in [5.41, 5.74) is -2.60. The van der Waals surface area contributed by atoms with Gasteiger partial charge >= 0.3 is 19.5 Å². The van der Waals surface area contributed by atoms with Crippen molar-refractivity contribution < 1.29 is 55.5 Å². The number of phenolic OH excluding ortho intramolecular Hbond substituents is 1. The Balaban J connectivity index is 1.60. The second-order valence-electron chi connectivity index (χ2n) is 11.1. The predicted octanol–water partition coefficient (Wildman–Crippen LogP) is 6.30. The number of hydrogen-bond acceptors (Lipinski definition) is 6. The first kappa shape index (κ1) is 31.6. The molecular weight excluding hydrogens is 698 g/mol. The van der Waals surface area contributed by atoms with Gasteiger partial charge in [-0.25, -0.2) is 4.90 Å². The van der Waals surface area contributed by atoms with Crippen molar-refractivity contribution in [3.05, 3.63) is 61.6 Å². The molecule has 5 rings (SSSR count). The summed E-state index contributed by atoms with van der Waals surface area (Å²) in [6.45, 7) is 3.63. The number of fused-ring (bicyclic) bond motifs is 3. The number of nitrogens with zero attached hydrogens (tertiary/aromatic N) is 1. The quantitative estimate of drug-likeness (QED) is 0.167. The van der Waals surface area contributed by atoms with Crippen LogP contribution < -0.4 is 9.64 Å². The van der Waals surface area contributed by atoms with Crippen molar-refractivity contribution in [1.29, 1.82) is 0 Å². The summed E-state index contributed by atoms with van der Waals surface area (Å²) in [5, 5.41) is 21.5. The average molecular weight is 723 g/mol. The fourth-order valence-corrected chi connectivity index (χ4v) is 7.00. The van der Waals surface area contributed by atoms with Crippen LogP contribution in [0.5, 0.6) is 11.5 Å². The van der Waals surface area contributed by atoms with Crippen LogP contribution >= 0.6 is 22.6 Å². The largest absolute Gasteiger partial charge is 0.504 e. The molecule has 15 heteroatoms. The second-order valence-corrected chi connectivity index (χ2v) is 12.3. The Hall–Kier alpha value is -2.79. The summed E-state index contributed by atoms with van der Waals surface area (Å²) in [7, 11) is -0.149. The number of phenols is 1. The maximum absolute atomic E-state index is 13.9. The van der Waals surface area contributed by atoms with E-state index in [2.05, 4.69) is 0 Å². The van der Waals surface area contributed by atoms with E-state index in [9.17, 15) is 46.1 Å². The van der Waals surface area contributed by atoms with Crippen molar-refractivity contribution in [3.63, 3.8) is 0 Å². The lowest BCUT2D eigenvalue weighted by Crippen LogP contribution is -2.45. The fourth-order valence-electron chi connectivity index (χ4n) is 6.37. The lowest BCUT2D eigenvalue weighted by Gasteiger charge is -2.43. The Morgan fingerprint density at radius 1 is 1.00 bits per heavy atom. The van der Waals surface area contributed by atoms with Crippen molar-refractivity contribution in [3.8, 4) is 11.5 Å². The number of anilines is 1. The maximum Gasteiger partial charge on any atom is 0.487 e. The number of imide groups is 1. The zero-order chi connectivity index (χ0) is 31.8. The van der Waals surface area contributed by atoms with E-state index in [4.69, 9.17) is 9.39 Å². The van der Waals surface area contributed by atoms with Crippen LogP contribution in [0.25, 0.3) is 0 Å². The van der Waals surface area contributed by atoms with Crippen LogP contribution in [0.4, 0.5) is 32.0 Å². The number of halogens is 7. The van der Waals surface area contributed by atoms with Crippen LogP contribution in [0.1, 0.15) is 49.5 Å². The molecule has 3 aliphatic rings. The zero-order valence-corrected chi connectivity index (χ0v) is 25.0. The first-order chi connectivity index (χ1) is 19.9. The van der Waals surface area contributed by atoms with Crippen LogP contribution in [-0.4, -0.2) is 36.2 Å². The minimum Gasteiger partial charge on any atom is -0.504 e. The van der Waals surface area contributed by atoms with E-state index >= 15 is 0 Å². The first-order valence-corrected chi connectivity index (χ1v) is 14.3. The highest BCUT2D eigenvalue weighted by Gasteiger charge is 2.58. The van der Waals surface area contributed by atoms with Crippen molar-refractivity contribution in [1.82, 2.24) is 0 Å². The van der Waals surface area contributed by atoms with Crippen molar-refractivity contribution in [2.75, 3.05) is 12.0 Å². The van der Waals surface area contributed by atoms with Crippen LogP contribution in [0.15, 0.2) is 41.4 Å². The molecule has 2 fully saturated rings. The molecule has 4 atom stereocenters. The highest BCUT2D eigenvalue weighted by atomic mass is 127. The maximum atomic E-state index is 13.9. The number of allylic oxidation sites excluding steroid dienone is 2. The number of benzene rings is 2. The molecule has 2 saturated heterocycles. The van der Waals surface area contributed by atoms with Gasteiger partial charge in [-0.1, -0.05) is 19.4 Å². The molecule has 2 aliphatic heterocycles. The lowest BCUT2D eigenvalue weighted by atomic mass is 9.54. The number of rotatable bonds is 4. The van der Waals surface area contributed by atoms with Gasteiger partial charge < -0.3 is 19.5 Å². The van der Waals surface area contributed by atoms with E-state index in [0.717, 1.165) is 0 Å². The number of carbonyl (C=O) groups is 2. The van der Waals surface area contributed by atoms with Gasteiger partial charge in [-0.05, 0) is 88.6 Å². The van der Waals surface area contributed by atoms with E-state index in [1.54, 1.807) is 6.07 Å². The van der Waals surface area contributed by atoms with Gasteiger partial charge in [-0.3, -0.25) is 9.59 Å². The van der Waals surface area contributed by atoms with Crippen LogP contribution in [-0.2, 0) is 26.6 Å². The van der Waals surface area contributed by atoms with E-state index in [0.29, 0.717) is 37.2 Å². The molecule has 2 aromatic carbocycles. The van der Waals surface area contributed by atoms with Gasteiger partial charge in [-0.2, -0.15) is 26.3 Å². The minimum atomic E-state index is -5.17. The Morgan fingerprint density at radius 2 is 1.60 bits per heavy atom. The Kier molecular flexibility index (Phi) is 8.08. The van der Waals surface area contributed by atoms with Gasteiger partial charge in [-0.15, -0.1) is 0 Å². The molecule has 0 saturated carbocycles. The number of hydrogen-bond donors (Lipinski definition) is 2. The summed E-state index contributed by atoms with van der Waals surface area (Å²) in [6.07, 6.45) is -11.1. The molecule has 230 valence electrons. The van der Waals surface area contributed by atoms with E-state index in [1.165, 1.54) is 13.2 Å².